The Bertz CT molecular complexity index is 723. The first kappa shape index (κ1) is 17.3. The molecule has 0 saturated heterocycles. The first-order valence-electron chi connectivity index (χ1n) is 7.52. The number of hydrogen-bond donors (Lipinski definition) is 1. The summed E-state index contributed by atoms with van der Waals surface area (Å²) in [6, 6.07) is 13.5. The first-order valence-corrected chi connectivity index (χ1v) is 8.40. The largest absolute Gasteiger partial charge is 0.326 e. The van der Waals surface area contributed by atoms with E-state index in [0.717, 1.165) is 27.3 Å². The second kappa shape index (κ2) is 7.47. The lowest BCUT2D eigenvalue weighted by Gasteiger charge is -2.13. The average molecular weight is 327 g/mol. The number of amides is 1. The van der Waals surface area contributed by atoms with E-state index in [0.29, 0.717) is 0 Å². The molecule has 2 rings (SSSR count). The van der Waals surface area contributed by atoms with Crippen LogP contribution in [0.25, 0.3) is 0 Å². The lowest BCUT2D eigenvalue weighted by molar-refractivity contribution is -0.114. The molecule has 23 heavy (non-hydrogen) atoms. The van der Waals surface area contributed by atoms with Gasteiger partial charge in [0, 0.05) is 23.1 Å². The molecule has 3 nitrogen and oxygen atoms in total. The third kappa shape index (κ3) is 4.70. The smallest absolute Gasteiger partial charge is 0.221 e. The van der Waals surface area contributed by atoms with E-state index < -0.39 is 0 Å². The van der Waals surface area contributed by atoms with Crippen molar-refractivity contribution in [3.8, 4) is 0 Å². The van der Waals surface area contributed by atoms with Gasteiger partial charge >= 0.3 is 0 Å². The maximum Gasteiger partial charge on any atom is 0.221 e. The van der Waals surface area contributed by atoms with E-state index in [9.17, 15) is 9.59 Å². The van der Waals surface area contributed by atoms with Crippen LogP contribution >= 0.6 is 11.8 Å². The molecule has 0 aliphatic heterocycles. The van der Waals surface area contributed by atoms with Gasteiger partial charge in [-0.1, -0.05) is 17.7 Å². The Kier molecular flexibility index (Phi) is 5.61. The van der Waals surface area contributed by atoms with Gasteiger partial charge in [-0.3, -0.25) is 9.59 Å². The molecule has 0 bridgehead atoms. The molecular weight excluding hydrogens is 306 g/mol. The van der Waals surface area contributed by atoms with Gasteiger partial charge in [0.05, 0.1) is 5.25 Å². The van der Waals surface area contributed by atoms with Crippen LogP contribution in [0.1, 0.15) is 35.3 Å². The molecule has 0 aliphatic rings. The molecule has 2 aromatic rings. The lowest BCUT2D eigenvalue weighted by Crippen LogP contribution is -2.15. The average Bonchev–Trinajstić information content (AvgIpc) is 2.50. The summed E-state index contributed by atoms with van der Waals surface area (Å²) in [6.45, 7) is 7.37. The standard InChI is InChI=1S/C19H21NO2S/c1-12-5-6-13(2)18(11-12)19(22)14(3)23-17-9-7-16(8-10-17)20-15(4)21/h5-11,14H,1-4H3,(H,20,21)/t14-/m0/s1. The number of rotatable bonds is 5. The zero-order valence-electron chi connectivity index (χ0n) is 13.8. The van der Waals surface area contributed by atoms with E-state index in [4.69, 9.17) is 0 Å². The third-order valence-corrected chi connectivity index (χ3v) is 4.63. The number of nitrogens with one attached hydrogen (secondary N) is 1. The molecule has 0 radical (unpaired) electrons. The molecule has 0 unspecified atom stereocenters. The van der Waals surface area contributed by atoms with Gasteiger partial charge in [-0.25, -0.2) is 0 Å². The molecule has 1 amide bonds. The SMILES string of the molecule is CC(=O)Nc1ccc(S[C@@H](C)C(=O)c2cc(C)ccc2C)cc1. The van der Waals surface area contributed by atoms with Gasteiger partial charge in [0.2, 0.25) is 5.91 Å². The number of benzene rings is 2. The zero-order valence-corrected chi connectivity index (χ0v) is 14.7. The topological polar surface area (TPSA) is 46.2 Å². The normalized spacial score (nSPS) is 11.8. The van der Waals surface area contributed by atoms with E-state index >= 15 is 0 Å². The molecular formula is C19H21NO2S. The van der Waals surface area contributed by atoms with Crippen LogP contribution in [-0.4, -0.2) is 16.9 Å². The molecule has 0 heterocycles. The van der Waals surface area contributed by atoms with Gasteiger partial charge in [0.1, 0.15) is 0 Å². The van der Waals surface area contributed by atoms with Gasteiger partial charge in [0.25, 0.3) is 0 Å². The number of anilines is 1. The van der Waals surface area contributed by atoms with Crippen molar-refractivity contribution in [1.82, 2.24) is 0 Å². The molecule has 4 heteroatoms. The van der Waals surface area contributed by atoms with Crippen LogP contribution in [0.4, 0.5) is 5.69 Å². The lowest BCUT2D eigenvalue weighted by atomic mass is 10.0. The molecule has 0 spiro atoms. The molecule has 1 atom stereocenters. The minimum atomic E-state index is -0.165. The van der Waals surface area contributed by atoms with Crippen molar-refractivity contribution in [1.29, 1.82) is 0 Å². The van der Waals surface area contributed by atoms with Crippen LogP contribution in [0.5, 0.6) is 0 Å². The Balaban J connectivity index is 2.09. The monoisotopic (exact) mass is 327 g/mol. The molecule has 0 aliphatic carbocycles. The Hall–Kier alpha value is -2.07. The number of carbonyl (C=O) groups excluding carboxylic acids is 2. The second-order valence-electron chi connectivity index (χ2n) is 5.65. The number of aryl methyl sites for hydroxylation is 2. The summed E-state index contributed by atoms with van der Waals surface area (Å²) >= 11 is 1.53. The summed E-state index contributed by atoms with van der Waals surface area (Å²) < 4.78 is 0. The molecule has 1 N–H and O–H groups in total. The van der Waals surface area contributed by atoms with Crippen molar-refractivity contribution in [3.05, 3.63) is 59.2 Å². The van der Waals surface area contributed by atoms with Crippen molar-refractivity contribution in [2.75, 3.05) is 5.32 Å². The van der Waals surface area contributed by atoms with Crippen LogP contribution < -0.4 is 5.32 Å². The van der Waals surface area contributed by atoms with Gasteiger partial charge in [-0.05, 0) is 56.7 Å². The highest BCUT2D eigenvalue weighted by Crippen LogP contribution is 2.27. The summed E-state index contributed by atoms with van der Waals surface area (Å²) in [6.07, 6.45) is 0. The summed E-state index contributed by atoms with van der Waals surface area (Å²) in [5.74, 6) is 0.0472. The minimum absolute atomic E-state index is 0.0936. The van der Waals surface area contributed by atoms with Crippen LogP contribution in [-0.2, 0) is 4.79 Å². The highest BCUT2D eigenvalue weighted by Gasteiger charge is 2.18. The second-order valence-corrected chi connectivity index (χ2v) is 7.06. The molecule has 120 valence electrons. The van der Waals surface area contributed by atoms with Crippen molar-refractivity contribution >= 4 is 29.1 Å². The van der Waals surface area contributed by atoms with Crippen LogP contribution in [0.2, 0.25) is 0 Å². The van der Waals surface area contributed by atoms with E-state index in [2.05, 4.69) is 5.32 Å². The van der Waals surface area contributed by atoms with E-state index in [1.807, 2.05) is 63.2 Å². The number of Topliss-reactive ketones (excluding diaryl/α,β-unsaturated/α-hetero) is 1. The van der Waals surface area contributed by atoms with E-state index in [1.165, 1.54) is 18.7 Å². The number of hydrogen-bond acceptors (Lipinski definition) is 3. The number of thioether (sulfide) groups is 1. The predicted molar refractivity (Wildman–Crippen MR) is 96.3 cm³/mol. The zero-order chi connectivity index (χ0) is 17.0. The molecule has 0 fully saturated rings. The van der Waals surface area contributed by atoms with Crippen LogP contribution in [0.15, 0.2) is 47.4 Å². The van der Waals surface area contributed by atoms with Gasteiger partial charge in [0.15, 0.2) is 5.78 Å². The molecule has 2 aromatic carbocycles. The van der Waals surface area contributed by atoms with Crippen molar-refractivity contribution in [2.24, 2.45) is 0 Å². The third-order valence-electron chi connectivity index (χ3n) is 3.52. The summed E-state index contributed by atoms with van der Waals surface area (Å²) in [5, 5.41) is 2.57. The van der Waals surface area contributed by atoms with Crippen molar-refractivity contribution in [3.63, 3.8) is 0 Å². The summed E-state index contributed by atoms with van der Waals surface area (Å²) in [4.78, 5) is 24.7. The maximum absolute atomic E-state index is 12.7. The highest BCUT2D eigenvalue weighted by molar-refractivity contribution is 8.00. The Labute approximate surface area is 141 Å². The fourth-order valence-electron chi connectivity index (χ4n) is 2.30. The highest BCUT2D eigenvalue weighted by atomic mass is 32.2. The van der Waals surface area contributed by atoms with Crippen LogP contribution in [0, 0.1) is 13.8 Å². The Morgan fingerprint density at radius 2 is 1.70 bits per heavy atom. The minimum Gasteiger partial charge on any atom is -0.326 e. The summed E-state index contributed by atoms with van der Waals surface area (Å²) in [7, 11) is 0. The van der Waals surface area contributed by atoms with Crippen molar-refractivity contribution in [2.45, 2.75) is 37.8 Å². The summed E-state index contributed by atoms with van der Waals surface area (Å²) in [5.41, 5.74) is 3.65. The van der Waals surface area contributed by atoms with Gasteiger partial charge < -0.3 is 5.32 Å². The van der Waals surface area contributed by atoms with Crippen molar-refractivity contribution < 1.29 is 9.59 Å². The number of carbonyl (C=O) groups is 2. The van der Waals surface area contributed by atoms with E-state index in [-0.39, 0.29) is 16.9 Å². The quantitative estimate of drug-likeness (QED) is 0.643. The fraction of sp³-hybridized carbons (Fsp3) is 0.263. The number of ketones is 1. The Morgan fingerprint density at radius 1 is 1.04 bits per heavy atom. The fourth-order valence-corrected chi connectivity index (χ4v) is 3.23. The molecule has 0 aromatic heterocycles. The van der Waals surface area contributed by atoms with Gasteiger partial charge in [-0.2, -0.15) is 0 Å². The maximum atomic E-state index is 12.7. The first-order chi connectivity index (χ1) is 10.9. The van der Waals surface area contributed by atoms with E-state index in [1.54, 1.807) is 0 Å². The Morgan fingerprint density at radius 3 is 2.30 bits per heavy atom. The predicted octanol–water partition coefficient (Wildman–Crippen LogP) is 4.63. The molecule has 0 saturated carbocycles. The van der Waals surface area contributed by atoms with Gasteiger partial charge in [-0.15, -0.1) is 11.8 Å². The van der Waals surface area contributed by atoms with Crippen LogP contribution in [0.3, 0.4) is 0 Å².